The van der Waals surface area contributed by atoms with Gasteiger partial charge in [0.15, 0.2) is 6.29 Å². The van der Waals surface area contributed by atoms with Crippen LogP contribution in [0.1, 0.15) is 32.8 Å². The van der Waals surface area contributed by atoms with E-state index in [9.17, 15) is 0 Å². The Hall–Kier alpha value is -1.06. The molecular weight excluding hydrogens is 228 g/mol. The summed E-state index contributed by atoms with van der Waals surface area (Å²) in [5, 5.41) is 0. The Morgan fingerprint density at radius 3 is 2.44 bits per heavy atom. The first-order valence-corrected chi connectivity index (χ1v) is 6.71. The molecule has 0 saturated carbocycles. The Morgan fingerprint density at radius 2 is 1.83 bits per heavy atom. The van der Waals surface area contributed by atoms with Gasteiger partial charge >= 0.3 is 0 Å². The van der Waals surface area contributed by atoms with Crippen LogP contribution in [0.3, 0.4) is 0 Å². The van der Waals surface area contributed by atoms with Gasteiger partial charge in [0.2, 0.25) is 0 Å². The third-order valence-electron chi connectivity index (χ3n) is 2.62. The normalized spacial score (nSPS) is 13.3. The number of rotatable bonds is 4. The van der Waals surface area contributed by atoms with E-state index in [1.807, 2.05) is 32.9 Å². The van der Waals surface area contributed by atoms with Gasteiger partial charge in [-0.05, 0) is 45.2 Å². The summed E-state index contributed by atoms with van der Waals surface area (Å²) in [6.07, 6.45) is 2.30. The molecule has 0 radical (unpaired) electrons. The summed E-state index contributed by atoms with van der Waals surface area (Å²) in [6.45, 7) is 8.14. The topological polar surface area (TPSA) is 27.7 Å². The summed E-state index contributed by atoms with van der Waals surface area (Å²) in [5.74, 6) is 1.08. The summed E-state index contributed by atoms with van der Waals surface area (Å²) in [6, 6.07) is 8.25. The van der Waals surface area contributed by atoms with Crippen LogP contribution in [-0.2, 0) is 15.9 Å². The second kappa shape index (κ2) is 8.95. The van der Waals surface area contributed by atoms with Crippen LogP contribution in [0.15, 0.2) is 24.3 Å². The van der Waals surface area contributed by atoms with Crippen molar-refractivity contribution in [1.82, 2.24) is 0 Å². The fraction of sp³-hybridized carbons (Fsp3) is 0.600. The number of ether oxygens (including phenoxy) is 3. The van der Waals surface area contributed by atoms with Crippen molar-refractivity contribution in [3.8, 4) is 5.75 Å². The first kappa shape index (κ1) is 15.0. The van der Waals surface area contributed by atoms with Gasteiger partial charge in [0.25, 0.3) is 0 Å². The molecule has 3 nitrogen and oxygen atoms in total. The molecule has 1 aliphatic heterocycles. The minimum absolute atomic E-state index is 0.0370. The molecule has 0 spiro atoms. The predicted molar refractivity (Wildman–Crippen MR) is 73.0 cm³/mol. The predicted octanol–water partition coefficient (Wildman–Crippen LogP) is 3.42. The summed E-state index contributed by atoms with van der Waals surface area (Å²) in [7, 11) is 0. The smallest absolute Gasteiger partial charge is 0.154 e. The van der Waals surface area contributed by atoms with Crippen molar-refractivity contribution in [2.45, 2.75) is 39.9 Å². The maximum absolute atomic E-state index is 5.42. The van der Waals surface area contributed by atoms with Gasteiger partial charge in [0, 0.05) is 13.2 Å². The van der Waals surface area contributed by atoms with Crippen LogP contribution in [0.2, 0.25) is 0 Å². The van der Waals surface area contributed by atoms with Crippen LogP contribution in [-0.4, -0.2) is 26.1 Å². The number of fused-ring (bicyclic) bond motifs is 1. The molecule has 0 N–H and O–H groups in total. The van der Waals surface area contributed by atoms with E-state index in [0.29, 0.717) is 0 Å². The average molecular weight is 252 g/mol. The number of hydrogen-bond acceptors (Lipinski definition) is 3. The lowest BCUT2D eigenvalue weighted by Crippen LogP contribution is -2.11. The van der Waals surface area contributed by atoms with Gasteiger partial charge in [-0.3, -0.25) is 0 Å². The maximum atomic E-state index is 5.42. The van der Waals surface area contributed by atoms with E-state index in [4.69, 9.17) is 14.2 Å². The van der Waals surface area contributed by atoms with Crippen molar-refractivity contribution in [2.75, 3.05) is 19.8 Å². The van der Waals surface area contributed by atoms with Crippen LogP contribution >= 0.6 is 0 Å². The zero-order chi connectivity index (χ0) is 13.2. The fourth-order valence-electron chi connectivity index (χ4n) is 1.81. The largest absolute Gasteiger partial charge is 0.493 e. The highest BCUT2D eigenvalue weighted by Gasteiger charge is 2.06. The van der Waals surface area contributed by atoms with Crippen molar-refractivity contribution in [2.24, 2.45) is 0 Å². The average Bonchev–Trinajstić information content (AvgIpc) is 2.40. The van der Waals surface area contributed by atoms with E-state index in [1.54, 1.807) is 0 Å². The number of para-hydroxylation sites is 1. The maximum Gasteiger partial charge on any atom is 0.154 e. The molecule has 0 bridgehead atoms. The standard InChI is InChI=1S/C9H10O.C6H14O2/c1-2-6-9-8(4-1)5-3-7-10-9;1-4-7-6(3)8-5-2/h1-2,4,6H,3,5,7H2;6H,4-5H2,1-3H3. The summed E-state index contributed by atoms with van der Waals surface area (Å²) < 4.78 is 15.5. The quantitative estimate of drug-likeness (QED) is 0.768. The monoisotopic (exact) mass is 252 g/mol. The van der Waals surface area contributed by atoms with Gasteiger partial charge in [-0.1, -0.05) is 18.2 Å². The van der Waals surface area contributed by atoms with Gasteiger partial charge in [-0.2, -0.15) is 0 Å². The Balaban J connectivity index is 0.000000187. The van der Waals surface area contributed by atoms with Crippen LogP contribution in [0.5, 0.6) is 5.75 Å². The second-order valence-electron chi connectivity index (χ2n) is 4.04. The van der Waals surface area contributed by atoms with Crippen molar-refractivity contribution in [3.63, 3.8) is 0 Å². The molecule has 1 aromatic rings. The molecular formula is C15H24O3. The highest BCUT2D eigenvalue weighted by atomic mass is 16.7. The molecule has 0 fully saturated rings. The van der Waals surface area contributed by atoms with Gasteiger partial charge in [-0.15, -0.1) is 0 Å². The fourth-order valence-corrected chi connectivity index (χ4v) is 1.81. The zero-order valence-electron chi connectivity index (χ0n) is 11.6. The first-order valence-electron chi connectivity index (χ1n) is 6.71. The molecule has 0 atom stereocenters. The van der Waals surface area contributed by atoms with Crippen LogP contribution in [0.4, 0.5) is 0 Å². The molecule has 1 aromatic carbocycles. The van der Waals surface area contributed by atoms with Gasteiger partial charge in [-0.25, -0.2) is 0 Å². The van der Waals surface area contributed by atoms with E-state index in [2.05, 4.69) is 12.1 Å². The lowest BCUT2D eigenvalue weighted by Gasteiger charge is -2.15. The van der Waals surface area contributed by atoms with E-state index < -0.39 is 0 Å². The van der Waals surface area contributed by atoms with Crippen molar-refractivity contribution in [1.29, 1.82) is 0 Å². The summed E-state index contributed by atoms with van der Waals surface area (Å²) in [4.78, 5) is 0. The van der Waals surface area contributed by atoms with Gasteiger partial charge < -0.3 is 14.2 Å². The first-order chi connectivity index (χ1) is 8.77. The number of aryl methyl sites for hydroxylation is 1. The third-order valence-corrected chi connectivity index (χ3v) is 2.62. The van der Waals surface area contributed by atoms with E-state index in [0.717, 1.165) is 32.0 Å². The molecule has 102 valence electrons. The van der Waals surface area contributed by atoms with Crippen LogP contribution in [0.25, 0.3) is 0 Å². The van der Waals surface area contributed by atoms with Crippen molar-refractivity contribution >= 4 is 0 Å². The second-order valence-corrected chi connectivity index (χ2v) is 4.04. The molecule has 0 saturated heterocycles. The van der Waals surface area contributed by atoms with Crippen molar-refractivity contribution < 1.29 is 14.2 Å². The molecule has 0 aliphatic carbocycles. The zero-order valence-corrected chi connectivity index (χ0v) is 11.6. The molecule has 18 heavy (non-hydrogen) atoms. The Bertz CT molecular complexity index is 294. The minimum Gasteiger partial charge on any atom is -0.493 e. The highest BCUT2D eigenvalue weighted by molar-refractivity contribution is 5.34. The Kier molecular flexibility index (Phi) is 7.46. The van der Waals surface area contributed by atoms with E-state index in [-0.39, 0.29) is 6.29 Å². The Labute approximate surface area is 110 Å². The molecule has 3 heteroatoms. The molecule has 1 heterocycles. The van der Waals surface area contributed by atoms with E-state index >= 15 is 0 Å². The van der Waals surface area contributed by atoms with Crippen LogP contribution < -0.4 is 4.74 Å². The van der Waals surface area contributed by atoms with Crippen LogP contribution in [0, 0.1) is 0 Å². The molecule has 0 unspecified atom stereocenters. The Morgan fingerprint density at radius 1 is 1.17 bits per heavy atom. The van der Waals surface area contributed by atoms with Crippen molar-refractivity contribution in [3.05, 3.63) is 29.8 Å². The van der Waals surface area contributed by atoms with E-state index in [1.165, 1.54) is 12.0 Å². The summed E-state index contributed by atoms with van der Waals surface area (Å²) in [5.41, 5.74) is 1.36. The molecule has 0 aromatic heterocycles. The lowest BCUT2D eigenvalue weighted by atomic mass is 10.1. The summed E-state index contributed by atoms with van der Waals surface area (Å²) >= 11 is 0. The number of benzene rings is 1. The molecule has 2 rings (SSSR count). The minimum atomic E-state index is -0.0370. The highest BCUT2D eigenvalue weighted by Crippen LogP contribution is 2.23. The van der Waals surface area contributed by atoms with Gasteiger partial charge in [0.05, 0.1) is 6.61 Å². The number of hydrogen-bond donors (Lipinski definition) is 0. The third kappa shape index (κ3) is 5.52. The lowest BCUT2D eigenvalue weighted by molar-refractivity contribution is -0.123. The van der Waals surface area contributed by atoms with Gasteiger partial charge in [0.1, 0.15) is 5.75 Å². The molecule has 0 amide bonds. The molecule has 1 aliphatic rings. The SMILES string of the molecule is CCOC(C)OCC.c1ccc2c(c1)CCCO2.